The summed E-state index contributed by atoms with van der Waals surface area (Å²) in [5, 5.41) is 0.738. The van der Waals surface area contributed by atoms with Crippen LogP contribution in [0.1, 0.15) is 61.4 Å². The number of unbranched alkanes of at least 4 members (excludes halogenated alkanes) is 5. The first-order valence-corrected chi connectivity index (χ1v) is 13.1. The van der Waals surface area contributed by atoms with Crippen LogP contribution in [0.4, 0.5) is 0 Å². The van der Waals surface area contributed by atoms with Gasteiger partial charge in [0.15, 0.2) is 6.61 Å². The third-order valence-corrected chi connectivity index (χ3v) is 6.48. The Morgan fingerprint density at radius 3 is 2.20 bits per heavy atom. The maximum Gasteiger partial charge on any atom is 0.338 e. The molecule has 0 N–H and O–H groups in total. The van der Waals surface area contributed by atoms with Crippen molar-refractivity contribution in [2.24, 2.45) is 0 Å². The quantitative estimate of drug-likeness (QED) is 0.265. The van der Waals surface area contributed by atoms with E-state index in [2.05, 4.69) is 11.8 Å². The summed E-state index contributed by atoms with van der Waals surface area (Å²) in [5.74, 6) is 0.212. The molecule has 0 radical (unpaired) electrons. The highest BCUT2D eigenvalue weighted by molar-refractivity contribution is 6.30. The van der Waals surface area contributed by atoms with E-state index in [4.69, 9.17) is 21.1 Å². The molecule has 1 amide bonds. The predicted octanol–water partition coefficient (Wildman–Crippen LogP) is 5.58. The van der Waals surface area contributed by atoms with Crippen molar-refractivity contribution in [3.05, 3.63) is 64.7 Å². The van der Waals surface area contributed by atoms with Crippen molar-refractivity contribution in [3.63, 3.8) is 0 Å². The van der Waals surface area contributed by atoms with Gasteiger partial charge in [-0.3, -0.25) is 9.69 Å². The largest absolute Gasteiger partial charge is 0.484 e. The molecule has 1 saturated heterocycles. The first-order valence-electron chi connectivity index (χ1n) is 12.7. The van der Waals surface area contributed by atoms with Crippen LogP contribution in [0.3, 0.4) is 0 Å². The van der Waals surface area contributed by atoms with E-state index in [0.717, 1.165) is 37.5 Å². The third kappa shape index (κ3) is 9.54. The summed E-state index contributed by atoms with van der Waals surface area (Å²) in [6.07, 6.45) is 6.91. The van der Waals surface area contributed by atoms with Gasteiger partial charge in [0, 0.05) is 37.7 Å². The Morgan fingerprint density at radius 2 is 1.51 bits per heavy atom. The monoisotopic (exact) mass is 500 g/mol. The smallest absolute Gasteiger partial charge is 0.338 e. The number of ether oxygens (including phenoxy) is 2. The zero-order valence-corrected chi connectivity index (χ0v) is 21.5. The summed E-state index contributed by atoms with van der Waals surface area (Å²) in [4.78, 5) is 28.9. The second-order valence-corrected chi connectivity index (χ2v) is 9.44. The molecule has 0 spiro atoms. The van der Waals surface area contributed by atoms with Gasteiger partial charge in [-0.05, 0) is 48.4 Å². The number of carbonyl (C=O) groups excluding carboxylic acids is 2. The minimum absolute atomic E-state index is 0.0149. The fourth-order valence-corrected chi connectivity index (χ4v) is 4.18. The molecule has 0 bridgehead atoms. The van der Waals surface area contributed by atoms with Crippen molar-refractivity contribution < 1.29 is 19.1 Å². The number of hydrogen-bond donors (Lipinski definition) is 0. The van der Waals surface area contributed by atoms with Crippen LogP contribution >= 0.6 is 11.6 Å². The first kappa shape index (κ1) is 27.0. The number of rotatable bonds is 13. The van der Waals surface area contributed by atoms with Crippen molar-refractivity contribution in [3.8, 4) is 5.75 Å². The average Bonchev–Trinajstić information content (AvgIpc) is 2.88. The lowest BCUT2D eigenvalue weighted by molar-refractivity contribution is -0.135. The molecule has 0 aromatic heterocycles. The molecular weight excluding hydrogens is 464 g/mol. The Bertz CT molecular complexity index is 910. The van der Waals surface area contributed by atoms with Crippen molar-refractivity contribution in [2.75, 3.05) is 39.4 Å². The van der Waals surface area contributed by atoms with Gasteiger partial charge in [-0.2, -0.15) is 0 Å². The van der Waals surface area contributed by atoms with Gasteiger partial charge in [0.2, 0.25) is 0 Å². The van der Waals surface area contributed by atoms with Crippen LogP contribution < -0.4 is 4.74 Å². The second-order valence-electron chi connectivity index (χ2n) is 9.00. The Balaban J connectivity index is 1.32. The van der Waals surface area contributed by atoms with Crippen LogP contribution in [0.25, 0.3) is 0 Å². The van der Waals surface area contributed by atoms with E-state index >= 15 is 0 Å². The molecule has 1 fully saturated rings. The fraction of sp³-hybridized carbons (Fsp3) is 0.500. The molecule has 35 heavy (non-hydrogen) atoms. The topological polar surface area (TPSA) is 59.1 Å². The molecule has 7 heteroatoms. The standard InChI is InChI=1S/C28H37ClN2O4/c1-2-3-4-5-6-7-20-34-28(33)24-10-14-26(15-11-24)35-22-27(32)31-18-16-30(17-19-31)21-23-8-12-25(29)13-9-23/h8-15H,2-7,16-22H2,1H3. The maximum atomic E-state index is 12.6. The molecule has 0 aliphatic carbocycles. The number of halogens is 1. The zero-order valence-electron chi connectivity index (χ0n) is 20.7. The molecule has 0 unspecified atom stereocenters. The molecule has 1 aliphatic heterocycles. The minimum atomic E-state index is -0.322. The summed E-state index contributed by atoms with van der Waals surface area (Å²) >= 11 is 5.95. The molecular formula is C28H37ClN2O4. The predicted molar refractivity (Wildman–Crippen MR) is 139 cm³/mol. The van der Waals surface area contributed by atoms with Gasteiger partial charge in [-0.15, -0.1) is 0 Å². The molecule has 1 aliphatic rings. The van der Waals surface area contributed by atoms with E-state index in [9.17, 15) is 9.59 Å². The van der Waals surface area contributed by atoms with E-state index < -0.39 is 0 Å². The van der Waals surface area contributed by atoms with Crippen LogP contribution in [-0.2, 0) is 16.1 Å². The highest BCUT2D eigenvalue weighted by Crippen LogP contribution is 2.15. The van der Waals surface area contributed by atoms with E-state index in [1.54, 1.807) is 24.3 Å². The van der Waals surface area contributed by atoms with Gasteiger partial charge in [-0.1, -0.05) is 62.8 Å². The molecule has 0 atom stereocenters. The first-order chi connectivity index (χ1) is 17.0. The van der Waals surface area contributed by atoms with Gasteiger partial charge in [0.25, 0.3) is 5.91 Å². The SMILES string of the molecule is CCCCCCCCOC(=O)c1ccc(OCC(=O)N2CCN(Cc3ccc(Cl)cc3)CC2)cc1. The van der Waals surface area contributed by atoms with Crippen LogP contribution in [0.5, 0.6) is 5.75 Å². The van der Waals surface area contributed by atoms with Crippen LogP contribution in [0.2, 0.25) is 5.02 Å². The molecule has 190 valence electrons. The number of carbonyl (C=O) groups is 2. The van der Waals surface area contributed by atoms with Gasteiger partial charge in [-0.25, -0.2) is 4.79 Å². The summed E-state index contributed by atoms with van der Waals surface area (Å²) < 4.78 is 11.0. The van der Waals surface area contributed by atoms with Crippen molar-refractivity contribution in [1.82, 2.24) is 9.80 Å². The number of benzene rings is 2. The number of amides is 1. The Hall–Kier alpha value is -2.57. The Labute approximate surface area is 214 Å². The van der Waals surface area contributed by atoms with E-state index in [-0.39, 0.29) is 18.5 Å². The summed E-state index contributed by atoms with van der Waals surface area (Å²) in [7, 11) is 0. The normalized spacial score (nSPS) is 14.1. The molecule has 2 aromatic rings. The Kier molecular flexibility index (Phi) is 11.4. The van der Waals surface area contributed by atoms with Crippen LogP contribution in [0, 0.1) is 0 Å². The van der Waals surface area contributed by atoms with Crippen molar-refractivity contribution in [1.29, 1.82) is 0 Å². The lowest BCUT2D eigenvalue weighted by Gasteiger charge is -2.34. The zero-order chi connectivity index (χ0) is 24.9. The third-order valence-electron chi connectivity index (χ3n) is 6.23. The van der Waals surface area contributed by atoms with Gasteiger partial charge >= 0.3 is 5.97 Å². The number of hydrogen-bond acceptors (Lipinski definition) is 5. The van der Waals surface area contributed by atoms with E-state index in [1.165, 1.54) is 31.2 Å². The lowest BCUT2D eigenvalue weighted by atomic mass is 10.1. The van der Waals surface area contributed by atoms with E-state index in [0.29, 0.717) is 31.0 Å². The highest BCUT2D eigenvalue weighted by atomic mass is 35.5. The summed E-state index contributed by atoms with van der Waals surface area (Å²) in [6.45, 7) is 6.49. The molecule has 3 rings (SSSR count). The van der Waals surface area contributed by atoms with Crippen molar-refractivity contribution in [2.45, 2.75) is 52.0 Å². The molecule has 1 heterocycles. The van der Waals surface area contributed by atoms with Crippen molar-refractivity contribution >= 4 is 23.5 Å². The lowest BCUT2D eigenvalue weighted by Crippen LogP contribution is -2.49. The maximum absolute atomic E-state index is 12.6. The van der Waals surface area contributed by atoms with E-state index in [1.807, 2.05) is 29.2 Å². The molecule has 6 nitrogen and oxygen atoms in total. The second kappa shape index (κ2) is 14.7. The van der Waals surface area contributed by atoms with Crippen LogP contribution in [-0.4, -0.2) is 61.1 Å². The Morgan fingerprint density at radius 1 is 0.857 bits per heavy atom. The number of nitrogens with zero attached hydrogens (tertiary/aromatic N) is 2. The van der Waals surface area contributed by atoms with Gasteiger partial charge in [0.1, 0.15) is 5.75 Å². The molecule has 2 aromatic carbocycles. The van der Waals surface area contributed by atoms with Gasteiger partial charge in [0.05, 0.1) is 12.2 Å². The molecule has 0 saturated carbocycles. The highest BCUT2D eigenvalue weighted by Gasteiger charge is 2.21. The van der Waals surface area contributed by atoms with Gasteiger partial charge < -0.3 is 14.4 Å². The van der Waals surface area contributed by atoms with Crippen LogP contribution in [0.15, 0.2) is 48.5 Å². The summed E-state index contributed by atoms with van der Waals surface area (Å²) in [5.41, 5.74) is 1.71. The fourth-order valence-electron chi connectivity index (χ4n) is 4.06. The number of esters is 1. The summed E-state index contributed by atoms with van der Waals surface area (Å²) in [6, 6.07) is 14.7. The number of piperazine rings is 1. The average molecular weight is 501 g/mol. The minimum Gasteiger partial charge on any atom is -0.484 e.